The average molecular weight is 295 g/mol. The van der Waals surface area contributed by atoms with Crippen molar-refractivity contribution >= 4 is 0 Å². The van der Waals surface area contributed by atoms with Crippen LogP contribution in [0.15, 0.2) is 24.3 Å². The fourth-order valence-corrected chi connectivity index (χ4v) is 1.89. The van der Waals surface area contributed by atoms with E-state index in [2.05, 4.69) is 46.9 Å². The van der Waals surface area contributed by atoms with Gasteiger partial charge in [0.2, 0.25) is 0 Å². The Balaban J connectivity index is 2.70. The first-order valence-electron chi connectivity index (χ1n) is 7.69. The predicted molar refractivity (Wildman–Crippen MR) is 86.9 cm³/mol. The van der Waals surface area contributed by atoms with Gasteiger partial charge in [-0.3, -0.25) is 0 Å². The van der Waals surface area contributed by atoms with Crippen LogP contribution in [-0.4, -0.2) is 18.7 Å². The van der Waals surface area contributed by atoms with E-state index in [1.807, 2.05) is 6.07 Å². The maximum absolute atomic E-state index is 13.4. The third-order valence-electron chi connectivity index (χ3n) is 3.21. The van der Waals surface area contributed by atoms with Crippen LogP contribution in [-0.2, 0) is 4.74 Å². The summed E-state index contributed by atoms with van der Waals surface area (Å²) in [5.74, 6) is -0.215. The lowest BCUT2D eigenvalue weighted by molar-refractivity contribution is 0.0332. The molecule has 21 heavy (non-hydrogen) atoms. The Morgan fingerprint density at radius 2 is 1.81 bits per heavy atom. The Morgan fingerprint density at radius 3 is 2.33 bits per heavy atom. The summed E-state index contributed by atoms with van der Waals surface area (Å²) in [6.07, 6.45) is 0.858. The maximum Gasteiger partial charge on any atom is 0.123 e. The van der Waals surface area contributed by atoms with Crippen LogP contribution < -0.4 is 5.32 Å². The summed E-state index contributed by atoms with van der Waals surface area (Å²) in [5, 5.41) is 3.44. The molecule has 0 aliphatic carbocycles. The summed E-state index contributed by atoms with van der Waals surface area (Å²) in [4.78, 5) is 0. The van der Waals surface area contributed by atoms with Crippen LogP contribution in [0, 0.1) is 11.2 Å². The predicted octanol–water partition coefficient (Wildman–Crippen LogP) is 4.71. The Bertz CT molecular complexity index is 432. The van der Waals surface area contributed by atoms with Gasteiger partial charge < -0.3 is 10.1 Å². The van der Waals surface area contributed by atoms with Gasteiger partial charge in [0.1, 0.15) is 5.82 Å². The molecule has 3 heteroatoms. The SMILES string of the molecule is CC(C)(C)CCOC(CNC(C)(C)C)c1cccc(F)c1. The summed E-state index contributed by atoms with van der Waals surface area (Å²) < 4.78 is 19.5. The van der Waals surface area contributed by atoms with Gasteiger partial charge in [-0.1, -0.05) is 32.9 Å². The van der Waals surface area contributed by atoms with Gasteiger partial charge in [-0.25, -0.2) is 4.39 Å². The topological polar surface area (TPSA) is 21.3 Å². The average Bonchev–Trinajstić information content (AvgIpc) is 2.30. The third-order valence-corrected chi connectivity index (χ3v) is 3.21. The standard InChI is InChI=1S/C18H30FNO/c1-17(2,3)10-11-21-16(13-20-18(4,5)6)14-8-7-9-15(19)12-14/h7-9,12,16,20H,10-11,13H2,1-6H3. The van der Waals surface area contributed by atoms with E-state index in [1.54, 1.807) is 12.1 Å². The number of hydrogen-bond donors (Lipinski definition) is 1. The summed E-state index contributed by atoms with van der Waals surface area (Å²) >= 11 is 0. The molecule has 0 fully saturated rings. The second-order valence-electron chi connectivity index (χ2n) is 7.86. The minimum atomic E-state index is -0.215. The number of rotatable bonds is 6. The van der Waals surface area contributed by atoms with Crippen molar-refractivity contribution in [2.75, 3.05) is 13.2 Å². The molecule has 1 rings (SSSR count). The molecule has 0 aliphatic rings. The minimum absolute atomic E-state index is 0.0129. The van der Waals surface area contributed by atoms with Crippen molar-refractivity contribution in [2.45, 2.75) is 59.6 Å². The van der Waals surface area contributed by atoms with Crippen LogP contribution in [0.4, 0.5) is 4.39 Å². The highest BCUT2D eigenvalue weighted by Gasteiger charge is 2.18. The zero-order valence-electron chi connectivity index (χ0n) is 14.3. The van der Waals surface area contributed by atoms with Crippen molar-refractivity contribution in [3.05, 3.63) is 35.6 Å². The Kier molecular flexibility index (Phi) is 6.36. The Hall–Kier alpha value is -0.930. The second kappa shape index (κ2) is 7.37. The number of hydrogen-bond acceptors (Lipinski definition) is 2. The van der Waals surface area contributed by atoms with Gasteiger partial charge in [-0.05, 0) is 50.3 Å². The highest BCUT2D eigenvalue weighted by molar-refractivity contribution is 5.19. The molecule has 1 aromatic carbocycles. The van der Waals surface area contributed by atoms with Crippen LogP contribution in [0.2, 0.25) is 0 Å². The molecule has 0 saturated carbocycles. The maximum atomic E-state index is 13.4. The molecular weight excluding hydrogens is 265 g/mol. The largest absolute Gasteiger partial charge is 0.372 e. The molecule has 0 saturated heterocycles. The number of halogens is 1. The van der Waals surface area contributed by atoms with E-state index in [0.29, 0.717) is 13.2 Å². The van der Waals surface area contributed by atoms with Crippen LogP contribution in [0.25, 0.3) is 0 Å². The van der Waals surface area contributed by atoms with Crippen molar-refractivity contribution in [1.29, 1.82) is 0 Å². The zero-order chi connectivity index (χ0) is 16.1. The molecule has 1 N–H and O–H groups in total. The molecule has 0 aliphatic heterocycles. The molecule has 1 aromatic rings. The third kappa shape index (κ3) is 8.18. The first-order valence-corrected chi connectivity index (χ1v) is 7.69. The number of nitrogens with one attached hydrogen (secondary N) is 1. The fraction of sp³-hybridized carbons (Fsp3) is 0.667. The summed E-state index contributed by atoms with van der Waals surface area (Å²) in [6.45, 7) is 14.3. The highest BCUT2D eigenvalue weighted by Crippen LogP contribution is 2.23. The smallest absolute Gasteiger partial charge is 0.123 e. The van der Waals surface area contributed by atoms with E-state index in [-0.39, 0.29) is 22.9 Å². The minimum Gasteiger partial charge on any atom is -0.372 e. The van der Waals surface area contributed by atoms with Crippen molar-refractivity contribution < 1.29 is 9.13 Å². The number of benzene rings is 1. The van der Waals surface area contributed by atoms with E-state index >= 15 is 0 Å². The summed E-state index contributed by atoms with van der Waals surface area (Å²) in [6, 6.07) is 6.69. The monoisotopic (exact) mass is 295 g/mol. The zero-order valence-corrected chi connectivity index (χ0v) is 14.3. The van der Waals surface area contributed by atoms with E-state index in [0.717, 1.165) is 12.0 Å². The van der Waals surface area contributed by atoms with Gasteiger partial charge in [0, 0.05) is 18.7 Å². The highest BCUT2D eigenvalue weighted by atomic mass is 19.1. The van der Waals surface area contributed by atoms with Gasteiger partial charge in [-0.15, -0.1) is 0 Å². The van der Waals surface area contributed by atoms with E-state index in [1.165, 1.54) is 6.07 Å². The van der Waals surface area contributed by atoms with Crippen LogP contribution in [0.3, 0.4) is 0 Å². The van der Waals surface area contributed by atoms with Crippen molar-refractivity contribution in [3.63, 3.8) is 0 Å². The first kappa shape index (κ1) is 18.1. The van der Waals surface area contributed by atoms with Crippen LogP contribution >= 0.6 is 0 Å². The molecule has 2 nitrogen and oxygen atoms in total. The molecule has 0 heterocycles. The Labute approximate surface area is 129 Å². The normalized spacial score (nSPS) is 14.2. The first-order chi connectivity index (χ1) is 9.57. The Morgan fingerprint density at radius 1 is 1.14 bits per heavy atom. The van der Waals surface area contributed by atoms with E-state index in [4.69, 9.17) is 4.74 Å². The van der Waals surface area contributed by atoms with Gasteiger partial charge >= 0.3 is 0 Å². The van der Waals surface area contributed by atoms with E-state index in [9.17, 15) is 4.39 Å². The lowest BCUT2D eigenvalue weighted by Gasteiger charge is -2.27. The molecule has 0 bridgehead atoms. The van der Waals surface area contributed by atoms with Crippen molar-refractivity contribution in [3.8, 4) is 0 Å². The number of ether oxygens (including phenoxy) is 1. The van der Waals surface area contributed by atoms with Crippen molar-refractivity contribution in [1.82, 2.24) is 5.32 Å². The molecule has 120 valence electrons. The van der Waals surface area contributed by atoms with Gasteiger partial charge in [0.05, 0.1) is 6.10 Å². The molecule has 0 radical (unpaired) electrons. The quantitative estimate of drug-likeness (QED) is 0.821. The van der Waals surface area contributed by atoms with Crippen LogP contribution in [0.5, 0.6) is 0 Å². The summed E-state index contributed by atoms with van der Waals surface area (Å²) in [7, 11) is 0. The van der Waals surface area contributed by atoms with Crippen LogP contribution in [0.1, 0.15) is 59.6 Å². The lowest BCUT2D eigenvalue weighted by atomic mass is 9.93. The fourth-order valence-electron chi connectivity index (χ4n) is 1.89. The summed E-state index contributed by atoms with van der Waals surface area (Å²) in [5.41, 5.74) is 1.14. The molecular formula is C18H30FNO. The molecule has 0 amide bonds. The van der Waals surface area contributed by atoms with Gasteiger partial charge in [-0.2, -0.15) is 0 Å². The molecule has 0 spiro atoms. The molecule has 1 unspecified atom stereocenters. The van der Waals surface area contributed by atoms with Gasteiger partial charge in [0.25, 0.3) is 0 Å². The lowest BCUT2D eigenvalue weighted by Crippen LogP contribution is -2.39. The van der Waals surface area contributed by atoms with E-state index < -0.39 is 0 Å². The van der Waals surface area contributed by atoms with Gasteiger partial charge in [0.15, 0.2) is 0 Å². The molecule has 1 atom stereocenters. The molecule has 0 aromatic heterocycles. The van der Waals surface area contributed by atoms with Crippen molar-refractivity contribution in [2.24, 2.45) is 5.41 Å². The second-order valence-corrected chi connectivity index (χ2v) is 7.86.